The molecule has 0 fully saturated rings. The van der Waals surface area contributed by atoms with Gasteiger partial charge in [-0.25, -0.2) is 0 Å². The van der Waals surface area contributed by atoms with Gasteiger partial charge in [0, 0.05) is 26.7 Å². The second-order valence-corrected chi connectivity index (χ2v) is 5.21. The number of rotatable bonds is 9. The molecule has 0 aliphatic heterocycles. The van der Waals surface area contributed by atoms with Gasteiger partial charge in [0.2, 0.25) is 0 Å². The highest BCUT2D eigenvalue weighted by Crippen LogP contribution is 2.20. The van der Waals surface area contributed by atoms with Crippen molar-refractivity contribution >= 4 is 29.9 Å². The minimum Gasteiger partial charge on any atom is -0.468 e. The Hall–Kier alpha value is -0.800. The van der Waals surface area contributed by atoms with Crippen LogP contribution >= 0.6 is 24.0 Å². The lowest BCUT2D eigenvalue weighted by molar-refractivity contribution is 0.178. The third-order valence-corrected chi connectivity index (χ3v) is 3.61. The van der Waals surface area contributed by atoms with E-state index in [9.17, 15) is 0 Å². The van der Waals surface area contributed by atoms with Crippen molar-refractivity contribution in [2.24, 2.45) is 4.99 Å². The van der Waals surface area contributed by atoms with Crippen molar-refractivity contribution in [3.05, 3.63) is 24.2 Å². The molecule has 1 heterocycles. The lowest BCUT2D eigenvalue weighted by atomic mass is 10.2. The van der Waals surface area contributed by atoms with E-state index in [1.807, 2.05) is 12.1 Å². The second kappa shape index (κ2) is 12.6. The van der Waals surface area contributed by atoms with Crippen LogP contribution in [0.5, 0.6) is 0 Å². The molecule has 1 rings (SSSR count). The first kappa shape index (κ1) is 22.2. The number of nitrogens with zero attached hydrogens (tertiary/aromatic N) is 2. The zero-order chi connectivity index (χ0) is 16.4. The van der Waals surface area contributed by atoms with Gasteiger partial charge in [0.05, 0.1) is 18.9 Å². The molecule has 6 nitrogen and oxygen atoms in total. The number of ether oxygens (including phenoxy) is 1. The summed E-state index contributed by atoms with van der Waals surface area (Å²) in [5.74, 6) is 1.74. The fourth-order valence-electron chi connectivity index (χ4n) is 2.47. The van der Waals surface area contributed by atoms with Crippen LogP contribution in [0.3, 0.4) is 0 Å². The summed E-state index contributed by atoms with van der Waals surface area (Å²) >= 11 is 0. The van der Waals surface area contributed by atoms with E-state index in [1.54, 1.807) is 20.4 Å². The molecule has 0 bridgehead atoms. The molecular weight excluding hydrogens is 407 g/mol. The summed E-state index contributed by atoms with van der Waals surface area (Å²) in [5.41, 5.74) is 0. The van der Waals surface area contributed by atoms with Gasteiger partial charge in [0.1, 0.15) is 5.76 Å². The summed E-state index contributed by atoms with van der Waals surface area (Å²) in [6, 6.07) is 4.33. The van der Waals surface area contributed by atoms with E-state index in [4.69, 9.17) is 9.15 Å². The van der Waals surface area contributed by atoms with E-state index in [0.717, 1.165) is 31.4 Å². The van der Waals surface area contributed by atoms with Crippen LogP contribution in [-0.2, 0) is 4.74 Å². The van der Waals surface area contributed by atoms with Gasteiger partial charge >= 0.3 is 0 Å². The smallest absolute Gasteiger partial charge is 0.191 e. The minimum atomic E-state index is 0. The predicted octanol–water partition coefficient (Wildman–Crippen LogP) is 2.48. The van der Waals surface area contributed by atoms with Crippen molar-refractivity contribution < 1.29 is 9.15 Å². The maximum Gasteiger partial charge on any atom is 0.191 e. The molecule has 1 aromatic heterocycles. The number of hydrogen-bond donors (Lipinski definition) is 2. The topological polar surface area (TPSA) is 62.0 Å². The van der Waals surface area contributed by atoms with Gasteiger partial charge in [-0.15, -0.1) is 24.0 Å². The van der Waals surface area contributed by atoms with Crippen LogP contribution in [0.15, 0.2) is 27.8 Å². The van der Waals surface area contributed by atoms with Gasteiger partial charge in [-0.3, -0.25) is 9.89 Å². The van der Waals surface area contributed by atoms with Crippen LogP contribution in [-0.4, -0.2) is 57.3 Å². The van der Waals surface area contributed by atoms with Gasteiger partial charge in [-0.2, -0.15) is 0 Å². The lowest BCUT2D eigenvalue weighted by Crippen LogP contribution is -2.47. The van der Waals surface area contributed by atoms with E-state index in [2.05, 4.69) is 41.3 Å². The van der Waals surface area contributed by atoms with Gasteiger partial charge in [-0.1, -0.05) is 13.8 Å². The number of hydrogen-bond acceptors (Lipinski definition) is 4. The van der Waals surface area contributed by atoms with Gasteiger partial charge in [-0.05, 0) is 32.1 Å². The average molecular weight is 438 g/mol. The van der Waals surface area contributed by atoms with Gasteiger partial charge in [0.25, 0.3) is 0 Å². The number of aliphatic imine (C=N–C) groups is 1. The van der Waals surface area contributed by atoms with E-state index < -0.39 is 0 Å². The Kier molecular flexibility index (Phi) is 12.2. The summed E-state index contributed by atoms with van der Waals surface area (Å²) in [5, 5.41) is 6.69. The van der Waals surface area contributed by atoms with Gasteiger partial charge < -0.3 is 19.8 Å². The number of halogens is 1. The third-order valence-electron chi connectivity index (χ3n) is 3.61. The number of likely N-dealkylation sites (N-methyl/N-ethyl adjacent to an activating group) is 1. The first-order chi connectivity index (χ1) is 10.7. The first-order valence-corrected chi connectivity index (χ1v) is 7.89. The summed E-state index contributed by atoms with van der Waals surface area (Å²) in [6.45, 7) is 9.68. The SMILES string of the molecule is CCN(CC)C(CNC(=NC)NC(C)COC)c1ccco1.I. The normalized spacial score (nSPS) is 14.3. The molecule has 0 amide bonds. The maximum absolute atomic E-state index is 5.60. The molecule has 2 unspecified atom stereocenters. The monoisotopic (exact) mass is 438 g/mol. The van der Waals surface area contributed by atoms with Crippen LogP contribution in [0.25, 0.3) is 0 Å². The van der Waals surface area contributed by atoms with E-state index >= 15 is 0 Å². The van der Waals surface area contributed by atoms with Crippen molar-refractivity contribution in [3.8, 4) is 0 Å². The Morgan fingerprint density at radius 2 is 2.09 bits per heavy atom. The minimum absolute atomic E-state index is 0. The van der Waals surface area contributed by atoms with Crippen LogP contribution in [0.1, 0.15) is 32.6 Å². The van der Waals surface area contributed by atoms with Crippen LogP contribution < -0.4 is 10.6 Å². The highest BCUT2D eigenvalue weighted by atomic mass is 127. The first-order valence-electron chi connectivity index (χ1n) is 7.89. The number of furan rings is 1. The molecule has 0 aliphatic carbocycles. The molecule has 23 heavy (non-hydrogen) atoms. The molecular formula is C16H31IN4O2. The van der Waals surface area contributed by atoms with Crippen LogP contribution in [0.4, 0.5) is 0 Å². The Bertz CT molecular complexity index is 422. The summed E-state index contributed by atoms with van der Waals surface area (Å²) in [7, 11) is 3.47. The zero-order valence-electron chi connectivity index (χ0n) is 14.8. The average Bonchev–Trinajstić information content (AvgIpc) is 3.04. The molecule has 0 aromatic carbocycles. The fraction of sp³-hybridized carbons (Fsp3) is 0.688. The Balaban J connectivity index is 0.00000484. The second-order valence-electron chi connectivity index (χ2n) is 5.21. The quantitative estimate of drug-likeness (QED) is 0.353. The molecule has 1 aromatic rings. The summed E-state index contributed by atoms with van der Waals surface area (Å²) in [6.07, 6.45) is 1.72. The molecule has 0 saturated carbocycles. The molecule has 7 heteroatoms. The van der Waals surface area contributed by atoms with Crippen molar-refractivity contribution in [2.75, 3.05) is 40.4 Å². The number of methoxy groups -OCH3 is 1. The molecule has 134 valence electrons. The third kappa shape index (κ3) is 7.54. The molecule has 0 radical (unpaired) electrons. The largest absolute Gasteiger partial charge is 0.468 e. The van der Waals surface area contributed by atoms with Crippen LogP contribution in [0, 0.1) is 0 Å². The lowest BCUT2D eigenvalue weighted by Gasteiger charge is -2.29. The molecule has 2 N–H and O–H groups in total. The molecule has 2 atom stereocenters. The highest BCUT2D eigenvalue weighted by molar-refractivity contribution is 14.0. The van der Waals surface area contributed by atoms with Crippen molar-refractivity contribution in [2.45, 2.75) is 32.9 Å². The Morgan fingerprint density at radius 3 is 2.57 bits per heavy atom. The van der Waals surface area contributed by atoms with E-state index in [-0.39, 0.29) is 36.1 Å². The maximum atomic E-state index is 5.60. The fourth-order valence-corrected chi connectivity index (χ4v) is 2.47. The van der Waals surface area contributed by atoms with Crippen molar-refractivity contribution in [3.63, 3.8) is 0 Å². The number of guanidine groups is 1. The van der Waals surface area contributed by atoms with Crippen LogP contribution in [0.2, 0.25) is 0 Å². The summed E-state index contributed by atoms with van der Waals surface area (Å²) < 4.78 is 10.7. The Morgan fingerprint density at radius 1 is 1.39 bits per heavy atom. The standard InChI is InChI=1S/C16H30N4O2.HI/c1-6-20(7-2)14(15-9-8-10-22-15)11-18-16(17-4)19-13(3)12-21-5;/h8-10,13-14H,6-7,11-12H2,1-5H3,(H2,17,18,19);1H. The highest BCUT2D eigenvalue weighted by Gasteiger charge is 2.21. The van der Waals surface area contributed by atoms with Gasteiger partial charge in [0.15, 0.2) is 5.96 Å². The van der Waals surface area contributed by atoms with Crippen molar-refractivity contribution in [1.82, 2.24) is 15.5 Å². The zero-order valence-corrected chi connectivity index (χ0v) is 17.2. The van der Waals surface area contributed by atoms with E-state index in [0.29, 0.717) is 6.61 Å². The Labute approximate surface area is 157 Å². The van der Waals surface area contributed by atoms with Crippen molar-refractivity contribution in [1.29, 1.82) is 0 Å². The summed E-state index contributed by atoms with van der Waals surface area (Å²) in [4.78, 5) is 6.62. The molecule has 0 aliphatic rings. The van der Waals surface area contributed by atoms with E-state index in [1.165, 1.54) is 0 Å². The predicted molar refractivity (Wildman–Crippen MR) is 106 cm³/mol. The molecule has 0 saturated heterocycles. The number of nitrogens with one attached hydrogen (secondary N) is 2. The molecule has 0 spiro atoms.